The van der Waals surface area contributed by atoms with E-state index < -0.39 is 27.8 Å². The third kappa shape index (κ3) is 3.62. The molecule has 2 aromatic rings. The Labute approximate surface area is 131 Å². The number of hydrogen-bond donors (Lipinski definition) is 2. The largest absolute Gasteiger partial charge is 0.368 e. The van der Waals surface area contributed by atoms with Crippen LogP contribution in [-0.2, 0) is 14.8 Å². The predicted molar refractivity (Wildman–Crippen MR) is 80.1 cm³/mol. The fourth-order valence-electron chi connectivity index (χ4n) is 1.85. The van der Waals surface area contributed by atoms with Crippen LogP contribution in [0.2, 0.25) is 5.02 Å². The Morgan fingerprint density at radius 2 is 1.82 bits per heavy atom. The summed E-state index contributed by atoms with van der Waals surface area (Å²) >= 11 is 5.75. The smallest absolute Gasteiger partial charge is 0.243 e. The van der Waals surface area contributed by atoms with Crippen molar-refractivity contribution in [3.63, 3.8) is 0 Å². The first kappa shape index (κ1) is 16.4. The van der Waals surface area contributed by atoms with Crippen molar-refractivity contribution in [2.24, 2.45) is 5.73 Å². The summed E-state index contributed by atoms with van der Waals surface area (Å²) in [6.07, 6.45) is 0. The number of rotatable bonds is 5. The third-order valence-electron chi connectivity index (χ3n) is 2.87. The molecule has 0 bridgehead atoms. The molecule has 3 N–H and O–H groups in total. The maximum atomic E-state index is 13.0. The molecule has 8 heteroatoms. The monoisotopic (exact) mass is 342 g/mol. The number of benzene rings is 2. The lowest BCUT2D eigenvalue weighted by atomic mass is 10.1. The second-order valence-electron chi connectivity index (χ2n) is 4.44. The SMILES string of the molecule is NC(=O)C(NS(=O)(=O)c1ccc(F)cc1Cl)c1ccccc1. The van der Waals surface area contributed by atoms with Crippen LogP contribution in [-0.4, -0.2) is 14.3 Å². The Kier molecular flexibility index (Phi) is 4.80. The van der Waals surface area contributed by atoms with E-state index in [1.54, 1.807) is 30.3 Å². The van der Waals surface area contributed by atoms with E-state index in [-0.39, 0.29) is 9.92 Å². The van der Waals surface area contributed by atoms with Crippen molar-refractivity contribution in [1.82, 2.24) is 4.72 Å². The molecule has 22 heavy (non-hydrogen) atoms. The molecule has 1 amide bonds. The number of nitrogens with two attached hydrogens (primary N) is 1. The average Bonchev–Trinajstić information content (AvgIpc) is 2.45. The first-order valence-corrected chi connectivity index (χ1v) is 7.99. The molecule has 0 aromatic heterocycles. The van der Waals surface area contributed by atoms with Gasteiger partial charge in [-0.3, -0.25) is 4.79 Å². The Hall–Kier alpha value is -1.96. The summed E-state index contributed by atoms with van der Waals surface area (Å²) < 4.78 is 39.8. The highest BCUT2D eigenvalue weighted by Crippen LogP contribution is 2.24. The molecular weight excluding hydrogens is 331 g/mol. The van der Waals surface area contributed by atoms with Crippen molar-refractivity contribution in [2.75, 3.05) is 0 Å². The molecule has 0 spiro atoms. The zero-order valence-corrected chi connectivity index (χ0v) is 12.7. The lowest BCUT2D eigenvalue weighted by Gasteiger charge is -2.16. The van der Waals surface area contributed by atoms with Crippen molar-refractivity contribution in [3.05, 3.63) is 64.9 Å². The van der Waals surface area contributed by atoms with Crippen LogP contribution in [0.3, 0.4) is 0 Å². The summed E-state index contributed by atoms with van der Waals surface area (Å²) in [6, 6.07) is 9.71. The van der Waals surface area contributed by atoms with Gasteiger partial charge in [0.25, 0.3) is 0 Å². The number of sulfonamides is 1. The summed E-state index contributed by atoms with van der Waals surface area (Å²) in [4.78, 5) is 11.2. The van der Waals surface area contributed by atoms with E-state index in [9.17, 15) is 17.6 Å². The fourth-order valence-corrected chi connectivity index (χ4v) is 3.57. The second kappa shape index (κ2) is 6.43. The van der Waals surface area contributed by atoms with E-state index in [1.807, 2.05) is 0 Å². The molecule has 2 aromatic carbocycles. The first-order valence-electron chi connectivity index (χ1n) is 6.13. The Balaban J connectivity index is 2.39. The Bertz CT molecular complexity index is 797. The van der Waals surface area contributed by atoms with Crippen LogP contribution in [0.1, 0.15) is 11.6 Å². The van der Waals surface area contributed by atoms with Gasteiger partial charge in [0.2, 0.25) is 15.9 Å². The number of halogens is 2. The molecule has 0 saturated carbocycles. The third-order valence-corrected chi connectivity index (χ3v) is 4.78. The van der Waals surface area contributed by atoms with Crippen LogP contribution < -0.4 is 10.5 Å². The van der Waals surface area contributed by atoms with E-state index in [4.69, 9.17) is 17.3 Å². The zero-order chi connectivity index (χ0) is 16.3. The van der Waals surface area contributed by atoms with Crippen LogP contribution in [0.4, 0.5) is 4.39 Å². The molecule has 1 unspecified atom stereocenters. The van der Waals surface area contributed by atoms with Gasteiger partial charge in [0.15, 0.2) is 0 Å². The van der Waals surface area contributed by atoms with Gasteiger partial charge in [0.05, 0.1) is 5.02 Å². The summed E-state index contributed by atoms with van der Waals surface area (Å²) in [5.74, 6) is -1.54. The number of carbonyl (C=O) groups is 1. The number of primary amides is 1. The van der Waals surface area contributed by atoms with Gasteiger partial charge in [0.1, 0.15) is 16.8 Å². The number of carbonyl (C=O) groups excluding carboxylic acids is 1. The van der Waals surface area contributed by atoms with Crippen molar-refractivity contribution in [3.8, 4) is 0 Å². The van der Waals surface area contributed by atoms with Gasteiger partial charge in [-0.2, -0.15) is 4.72 Å². The zero-order valence-electron chi connectivity index (χ0n) is 11.2. The van der Waals surface area contributed by atoms with Crippen LogP contribution in [0.5, 0.6) is 0 Å². The topological polar surface area (TPSA) is 89.3 Å². The van der Waals surface area contributed by atoms with Gasteiger partial charge < -0.3 is 5.73 Å². The number of nitrogens with one attached hydrogen (secondary N) is 1. The van der Waals surface area contributed by atoms with Crippen molar-refractivity contribution >= 4 is 27.5 Å². The predicted octanol–water partition coefficient (Wildman–Crippen LogP) is 1.98. The quantitative estimate of drug-likeness (QED) is 0.870. The first-order chi connectivity index (χ1) is 10.3. The molecule has 116 valence electrons. The molecule has 0 heterocycles. The minimum atomic E-state index is -4.15. The highest BCUT2D eigenvalue weighted by atomic mass is 35.5. The molecule has 2 rings (SSSR count). The highest BCUT2D eigenvalue weighted by Gasteiger charge is 2.27. The fraction of sp³-hybridized carbons (Fsp3) is 0.0714. The second-order valence-corrected chi connectivity index (χ2v) is 6.53. The summed E-state index contributed by atoms with van der Waals surface area (Å²) in [5.41, 5.74) is 5.64. The average molecular weight is 343 g/mol. The maximum Gasteiger partial charge on any atom is 0.243 e. The van der Waals surface area contributed by atoms with Crippen LogP contribution >= 0.6 is 11.6 Å². The highest BCUT2D eigenvalue weighted by molar-refractivity contribution is 7.89. The molecule has 0 aliphatic rings. The Morgan fingerprint density at radius 3 is 2.36 bits per heavy atom. The van der Waals surface area contributed by atoms with Crippen LogP contribution in [0.15, 0.2) is 53.4 Å². The minimum Gasteiger partial charge on any atom is -0.368 e. The molecule has 0 aliphatic carbocycles. The van der Waals surface area contributed by atoms with E-state index in [0.717, 1.165) is 18.2 Å². The summed E-state index contributed by atoms with van der Waals surface area (Å²) in [5, 5.41) is -0.288. The molecule has 0 fully saturated rings. The Morgan fingerprint density at radius 1 is 1.18 bits per heavy atom. The summed E-state index contributed by atoms with van der Waals surface area (Å²) in [7, 11) is -4.15. The van der Waals surface area contributed by atoms with Gasteiger partial charge in [-0.15, -0.1) is 0 Å². The summed E-state index contributed by atoms with van der Waals surface area (Å²) in [6.45, 7) is 0. The molecule has 0 aliphatic heterocycles. The van der Waals surface area contributed by atoms with Gasteiger partial charge in [-0.05, 0) is 23.8 Å². The van der Waals surface area contributed by atoms with Crippen molar-refractivity contribution in [1.29, 1.82) is 0 Å². The lowest BCUT2D eigenvalue weighted by Crippen LogP contribution is -2.37. The van der Waals surface area contributed by atoms with E-state index in [0.29, 0.717) is 5.56 Å². The number of hydrogen-bond acceptors (Lipinski definition) is 3. The van der Waals surface area contributed by atoms with Gasteiger partial charge in [0, 0.05) is 0 Å². The molecule has 5 nitrogen and oxygen atoms in total. The van der Waals surface area contributed by atoms with Crippen molar-refractivity contribution in [2.45, 2.75) is 10.9 Å². The van der Waals surface area contributed by atoms with Crippen molar-refractivity contribution < 1.29 is 17.6 Å². The van der Waals surface area contributed by atoms with Crippen LogP contribution in [0, 0.1) is 5.82 Å². The van der Waals surface area contributed by atoms with Gasteiger partial charge >= 0.3 is 0 Å². The molecule has 0 radical (unpaired) electrons. The molecule has 0 saturated heterocycles. The number of amides is 1. The minimum absolute atomic E-state index is 0.288. The molecule has 1 atom stereocenters. The maximum absolute atomic E-state index is 13.0. The van der Waals surface area contributed by atoms with Gasteiger partial charge in [-0.1, -0.05) is 41.9 Å². The van der Waals surface area contributed by atoms with E-state index >= 15 is 0 Å². The van der Waals surface area contributed by atoms with E-state index in [1.165, 1.54) is 0 Å². The lowest BCUT2D eigenvalue weighted by molar-refractivity contribution is -0.119. The molecular formula is C14H12ClFN2O3S. The van der Waals surface area contributed by atoms with Gasteiger partial charge in [-0.25, -0.2) is 12.8 Å². The van der Waals surface area contributed by atoms with Crippen LogP contribution in [0.25, 0.3) is 0 Å². The van der Waals surface area contributed by atoms with E-state index in [2.05, 4.69) is 4.72 Å². The normalized spacial score (nSPS) is 12.8. The standard InChI is InChI=1S/C14H12ClFN2O3S/c15-11-8-10(16)6-7-12(11)22(20,21)18-13(14(17)19)9-4-2-1-3-5-9/h1-8,13,18H,(H2,17,19).